The molecule has 0 saturated carbocycles. The molecule has 0 spiro atoms. The van der Waals surface area contributed by atoms with Crippen LogP contribution < -0.4 is 5.32 Å². The van der Waals surface area contributed by atoms with Crippen molar-refractivity contribution in [2.75, 3.05) is 5.32 Å². The van der Waals surface area contributed by atoms with Gasteiger partial charge in [0.15, 0.2) is 0 Å². The molecule has 4 heteroatoms. The quantitative estimate of drug-likeness (QED) is 0.837. The summed E-state index contributed by atoms with van der Waals surface area (Å²) >= 11 is 0. The molecule has 1 aromatic rings. The van der Waals surface area contributed by atoms with Gasteiger partial charge in [-0.3, -0.25) is 4.79 Å². The Hall–Kier alpha value is -1.89. The molecule has 96 valence electrons. The van der Waals surface area contributed by atoms with E-state index >= 15 is 0 Å². The highest BCUT2D eigenvalue weighted by molar-refractivity contribution is 5.96. The second kappa shape index (κ2) is 6.75. The monoisotopic (exact) mass is 245 g/mol. The van der Waals surface area contributed by atoms with Gasteiger partial charge >= 0.3 is 0 Å². The van der Waals surface area contributed by atoms with Gasteiger partial charge in [-0.05, 0) is 25.0 Å². The first-order valence-corrected chi connectivity index (χ1v) is 6.32. The number of carbonyl (C=O) groups excluding carboxylic acids is 1. The van der Waals surface area contributed by atoms with E-state index < -0.39 is 5.41 Å². The number of hydrogen-bond acceptors (Lipinski definition) is 3. The lowest BCUT2D eigenvalue weighted by molar-refractivity contribution is -0.123. The summed E-state index contributed by atoms with van der Waals surface area (Å²) < 4.78 is 0. The normalized spacial score (nSPS) is 10.7. The van der Waals surface area contributed by atoms with Crippen molar-refractivity contribution in [2.45, 2.75) is 39.5 Å². The number of nitriles is 1. The number of carbonyl (C=O) groups is 1. The second-order valence-corrected chi connectivity index (χ2v) is 4.36. The number of anilines is 1. The number of nitrogens with one attached hydrogen (secondary N) is 1. The molecule has 1 N–H and O–H groups in total. The molecule has 0 aliphatic carbocycles. The maximum atomic E-state index is 12.3. The summed E-state index contributed by atoms with van der Waals surface area (Å²) in [5.74, 6) is 0.252. The van der Waals surface area contributed by atoms with Crippen LogP contribution in [0.25, 0.3) is 0 Å². The Kier molecular flexibility index (Phi) is 5.31. The lowest BCUT2D eigenvalue weighted by Gasteiger charge is -2.24. The zero-order chi connectivity index (χ0) is 13.4. The molecular formula is C14H19N3O. The first kappa shape index (κ1) is 14.2. The zero-order valence-electron chi connectivity index (χ0n) is 10.9. The van der Waals surface area contributed by atoms with Gasteiger partial charge in [0, 0.05) is 6.20 Å². The van der Waals surface area contributed by atoms with Crippen LogP contribution in [0.3, 0.4) is 0 Å². The van der Waals surface area contributed by atoms with Crippen molar-refractivity contribution in [3.63, 3.8) is 0 Å². The minimum Gasteiger partial charge on any atom is -0.309 e. The Morgan fingerprint density at radius 2 is 2.06 bits per heavy atom. The highest BCUT2D eigenvalue weighted by Gasteiger charge is 2.37. The van der Waals surface area contributed by atoms with Crippen LogP contribution in [0, 0.1) is 16.7 Å². The standard InChI is InChI=1S/C14H19N3O/c1-3-8-14(11-15,9-4-2)13(18)17-12-7-5-6-10-16-12/h5-7,10H,3-4,8-9H2,1-2H3,(H,16,17,18). The van der Waals surface area contributed by atoms with Gasteiger partial charge in [0.25, 0.3) is 0 Å². The van der Waals surface area contributed by atoms with E-state index in [1.165, 1.54) is 0 Å². The van der Waals surface area contributed by atoms with Crippen molar-refractivity contribution in [3.8, 4) is 6.07 Å². The fourth-order valence-electron chi connectivity index (χ4n) is 2.04. The number of aromatic nitrogens is 1. The molecule has 1 aromatic heterocycles. The average molecular weight is 245 g/mol. The molecule has 0 aromatic carbocycles. The number of rotatable bonds is 6. The van der Waals surface area contributed by atoms with Crippen molar-refractivity contribution in [1.29, 1.82) is 5.26 Å². The Labute approximate surface area is 108 Å². The van der Waals surface area contributed by atoms with Crippen LogP contribution in [0.15, 0.2) is 24.4 Å². The van der Waals surface area contributed by atoms with E-state index in [-0.39, 0.29) is 5.91 Å². The van der Waals surface area contributed by atoms with Crippen molar-refractivity contribution < 1.29 is 4.79 Å². The fraction of sp³-hybridized carbons (Fsp3) is 0.500. The topological polar surface area (TPSA) is 65.8 Å². The van der Waals surface area contributed by atoms with Crippen LogP contribution in [-0.2, 0) is 4.79 Å². The van der Waals surface area contributed by atoms with Crippen LogP contribution in [0.5, 0.6) is 0 Å². The molecule has 0 unspecified atom stereocenters. The van der Waals surface area contributed by atoms with Gasteiger partial charge in [-0.15, -0.1) is 0 Å². The summed E-state index contributed by atoms with van der Waals surface area (Å²) in [5.41, 5.74) is -0.930. The zero-order valence-corrected chi connectivity index (χ0v) is 10.9. The first-order valence-electron chi connectivity index (χ1n) is 6.32. The summed E-state index contributed by atoms with van der Waals surface area (Å²) in [6.07, 6.45) is 4.39. The van der Waals surface area contributed by atoms with Crippen LogP contribution in [0.2, 0.25) is 0 Å². The lowest BCUT2D eigenvalue weighted by atomic mass is 9.80. The van der Waals surface area contributed by atoms with Crippen LogP contribution in [-0.4, -0.2) is 10.9 Å². The van der Waals surface area contributed by atoms with Crippen molar-refractivity contribution in [3.05, 3.63) is 24.4 Å². The third-order valence-corrected chi connectivity index (χ3v) is 2.91. The summed E-state index contributed by atoms with van der Waals surface area (Å²) in [6, 6.07) is 7.50. The second-order valence-electron chi connectivity index (χ2n) is 4.36. The predicted octanol–water partition coefficient (Wildman–Crippen LogP) is 3.13. The molecule has 18 heavy (non-hydrogen) atoms. The first-order chi connectivity index (χ1) is 8.68. The van der Waals surface area contributed by atoms with Gasteiger partial charge < -0.3 is 5.32 Å². The van der Waals surface area contributed by atoms with E-state index in [0.29, 0.717) is 18.7 Å². The van der Waals surface area contributed by atoms with Crippen LogP contribution in [0.1, 0.15) is 39.5 Å². The highest BCUT2D eigenvalue weighted by Crippen LogP contribution is 2.30. The minimum atomic E-state index is -0.930. The summed E-state index contributed by atoms with van der Waals surface area (Å²) in [4.78, 5) is 16.3. The van der Waals surface area contributed by atoms with Gasteiger partial charge in [0.1, 0.15) is 11.2 Å². The third-order valence-electron chi connectivity index (χ3n) is 2.91. The Morgan fingerprint density at radius 1 is 1.39 bits per heavy atom. The van der Waals surface area contributed by atoms with E-state index in [2.05, 4.69) is 16.4 Å². The Bertz CT molecular complexity index is 416. The fourth-order valence-corrected chi connectivity index (χ4v) is 2.04. The maximum absolute atomic E-state index is 12.3. The van der Waals surface area contributed by atoms with E-state index in [0.717, 1.165) is 12.8 Å². The van der Waals surface area contributed by atoms with Gasteiger partial charge in [-0.25, -0.2) is 4.98 Å². The number of nitrogens with zero attached hydrogens (tertiary/aromatic N) is 2. The molecule has 0 aliphatic heterocycles. The van der Waals surface area contributed by atoms with E-state index in [1.807, 2.05) is 13.8 Å². The number of amides is 1. The summed E-state index contributed by atoms with van der Waals surface area (Å²) in [5, 5.41) is 12.1. The van der Waals surface area contributed by atoms with E-state index in [4.69, 9.17) is 0 Å². The Morgan fingerprint density at radius 3 is 2.50 bits per heavy atom. The molecule has 0 saturated heterocycles. The van der Waals surface area contributed by atoms with Gasteiger partial charge in [-0.2, -0.15) is 5.26 Å². The van der Waals surface area contributed by atoms with E-state index in [1.54, 1.807) is 24.4 Å². The summed E-state index contributed by atoms with van der Waals surface area (Å²) in [7, 11) is 0. The number of pyridine rings is 1. The van der Waals surface area contributed by atoms with Crippen molar-refractivity contribution in [1.82, 2.24) is 4.98 Å². The van der Waals surface area contributed by atoms with Gasteiger partial charge in [0.2, 0.25) is 5.91 Å². The smallest absolute Gasteiger partial charge is 0.246 e. The van der Waals surface area contributed by atoms with Gasteiger partial charge in [0.05, 0.1) is 6.07 Å². The van der Waals surface area contributed by atoms with E-state index in [9.17, 15) is 10.1 Å². The minimum absolute atomic E-state index is 0.243. The third kappa shape index (κ3) is 3.30. The molecule has 1 heterocycles. The molecule has 0 fully saturated rings. The average Bonchev–Trinajstić information content (AvgIpc) is 2.39. The SMILES string of the molecule is CCCC(C#N)(CCC)C(=O)Nc1ccccn1. The molecular weight excluding hydrogens is 226 g/mol. The molecule has 0 aliphatic rings. The molecule has 4 nitrogen and oxygen atoms in total. The molecule has 0 bridgehead atoms. The molecule has 1 amide bonds. The highest BCUT2D eigenvalue weighted by atomic mass is 16.2. The Balaban J connectivity index is 2.86. The van der Waals surface area contributed by atoms with Crippen molar-refractivity contribution >= 4 is 11.7 Å². The molecule has 0 radical (unpaired) electrons. The van der Waals surface area contributed by atoms with Crippen molar-refractivity contribution in [2.24, 2.45) is 5.41 Å². The summed E-state index contributed by atoms with van der Waals surface area (Å²) in [6.45, 7) is 3.96. The maximum Gasteiger partial charge on any atom is 0.246 e. The molecule has 1 rings (SSSR count). The van der Waals surface area contributed by atoms with Crippen LogP contribution in [0.4, 0.5) is 5.82 Å². The molecule has 0 atom stereocenters. The number of hydrogen-bond donors (Lipinski definition) is 1. The van der Waals surface area contributed by atoms with Crippen LogP contribution >= 0.6 is 0 Å². The largest absolute Gasteiger partial charge is 0.309 e. The van der Waals surface area contributed by atoms with Gasteiger partial charge in [-0.1, -0.05) is 32.8 Å². The predicted molar refractivity (Wildman–Crippen MR) is 70.7 cm³/mol. The lowest BCUT2D eigenvalue weighted by Crippen LogP contribution is -2.35.